The van der Waals surface area contributed by atoms with Crippen molar-refractivity contribution in [3.05, 3.63) is 51.9 Å². The molecular formula is C15H19N3OS. The van der Waals surface area contributed by atoms with E-state index in [-0.39, 0.29) is 11.6 Å². The lowest BCUT2D eigenvalue weighted by atomic mass is 10.1. The molecule has 0 saturated carbocycles. The summed E-state index contributed by atoms with van der Waals surface area (Å²) in [4.78, 5) is 19.7. The van der Waals surface area contributed by atoms with Gasteiger partial charge in [-0.3, -0.25) is 4.79 Å². The summed E-state index contributed by atoms with van der Waals surface area (Å²) >= 11 is 1.49. The highest BCUT2D eigenvalue weighted by molar-refractivity contribution is 7.99. The molecule has 2 rings (SSSR count). The lowest BCUT2D eigenvalue weighted by Crippen LogP contribution is -2.18. The molecule has 0 amide bonds. The normalized spacial score (nSPS) is 12.3. The van der Waals surface area contributed by atoms with Gasteiger partial charge in [-0.1, -0.05) is 36.9 Å². The number of benzene rings is 1. The molecule has 0 fully saturated rings. The Morgan fingerprint density at radius 2 is 2.15 bits per heavy atom. The number of H-pyrrole nitrogens is 1. The van der Waals surface area contributed by atoms with Crippen LogP contribution in [0.3, 0.4) is 0 Å². The van der Waals surface area contributed by atoms with Gasteiger partial charge in [0.2, 0.25) is 0 Å². The highest BCUT2D eigenvalue weighted by Gasteiger charge is 2.11. The van der Waals surface area contributed by atoms with Gasteiger partial charge in [-0.15, -0.1) is 0 Å². The summed E-state index contributed by atoms with van der Waals surface area (Å²) in [5.74, 6) is 0. The average molecular weight is 289 g/mol. The number of aromatic amines is 1. The molecule has 2 aromatic rings. The summed E-state index contributed by atoms with van der Waals surface area (Å²) in [6.07, 6.45) is 0. The molecule has 0 aliphatic rings. The van der Waals surface area contributed by atoms with E-state index in [0.717, 1.165) is 17.1 Å². The van der Waals surface area contributed by atoms with Gasteiger partial charge in [0.25, 0.3) is 5.56 Å². The van der Waals surface area contributed by atoms with Crippen molar-refractivity contribution >= 4 is 11.8 Å². The van der Waals surface area contributed by atoms with Gasteiger partial charge in [0.05, 0.1) is 0 Å². The van der Waals surface area contributed by atoms with E-state index in [2.05, 4.69) is 41.3 Å². The van der Waals surface area contributed by atoms with Gasteiger partial charge < -0.3 is 10.3 Å². The van der Waals surface area contributed by atoms with Crippen LogP contribution in [-0.4, -0.2) is 16.5 Å². The van der Waals surface area contributed by atoms with E-state index in [0.29, 0.717) is 5.16 Å². The van der Waals surface area contributed by atoms with Crippen LogP contribution >= 0.6 is 11.8 Å². The van der Waals surface area contributed by atoms with Gasteiger partial charge in [-0.25, -0.2) is 4.98 Å². The van der Waals surface area contributed by atoms with Gasteiger partial charge in [0, 0.05) is 22.7 Å². The fourth-order valence-electron chi connectivity index (χ4n) is 2.05. The Morgan fingerprint density at radius 3 is 2.85 bits per heavy atom. The van der Waals surface area contributed by atoms with Crippen molar-refractivity contribution in [3.8, 4) is 0 Å². The second-order valence-corrected chi connectivity index (χ2v) is 5.64. The predicted octanol–water partition coefficient (Wildman–Crippen LogP) is 2.90. The van der Waals surface area contributed by atoms with E-state index in [1.807, 2.05) is 19.1 Å². The number of nitrogens with one attached hydrogen (secondary N) is 2. The van der Waals surface area contributed by atoms with Crippen LogP contribution in [0.2, 0.25) is 0 Å². The molecule has 1 heterocycles. The third-order valence-electron chi connectivity index (χ3n) is 2.95. The molecule has 20 heavy (non-hydrogen) atoms. The molecule has 0 bridgehead atoms. The highest BCUT2D eigenvalue weighted by Crippen LogP contribution is 2.30. The first kappa shape index (κ1) is 14.8. The molecule has 1 aromatic heterocycles. The molecule has 0 radical (unpaired) electrons. The quantitative estimate of drug-likeness (QED) is 0.831. The summed E-state index contributed by atoms with van der Waals surface area (Å²) in [5, 5.41) is 4.04. The monoisotopic (exact) mass is 289 g/mol. The van der Waals surface area contributed by atoms with E-state index in [9.17, 15) is 4.79 Å². The summed E-state index contributed by atoms with van der Waals surface area (Å²) in [6.45, 7) is 6.97. The molecule has 1 atom stereocenters. The van der Waals surface area contributed by atoms with E-state index >= 15 is 0 Å². The van der Waals surface area contributed by atoms with Crippen LogP contribution in [0, 0.1) is 6.92 Å². The fraction of sp³-hybridized carbons (Fsp3) is 0.333. The SMILES string of the molecule is CCNC(C)c1ccccc1Sc1nc(C)cc(=O)[nH]1. The lowest BCUT2D eigenvalue weighted by molar-refractivity contribution is 0.590. The van der Waals surface area contributed by atoms with E-state index in [1.54, 1.807) is 0 Å². The fourth-order valence-corrected chi connectivity index (χ4v) is 3.11. The van der Waals surface area contributed by atoms with Crippen LogP contribution in [0.15, 0.2) is 45.2 Å². The smallest absolute Gasteiger partial charge is 0.251 e. The number of hydrogen-bond acceptors (Lipinski definition) is 4. The number of aromatic nitrogens is 2. The Bertz CT molecular complexity index is 639. The Morgan fingerprint density at radius 1 is 1.40 bits per heavy atom. The summed E-state index contributed by atoms with van der Waals surface area (Å²) in [6, 6.07) is 9.94. The zero-order valence-electron chi connectivity index (χ0n) is 11.9. The molecule has 2 N–H and O–H groups in total. The second kappa shape index (κ2) is 6.72. The summed E-state index contributed by atoms with van der Waals surface area (Å²) < 4.78 is 0. The average Bonchev–Trinajstić information content (AvgIpc) is 2.38. The van der Waals surface area contributed by atoms with E-state index in [1.165, 1.54) is 23.4 Å². The van der Waals surface area contributed by atoms with E-state index < -0.39 is 0 Å². The van der Waals surface area contributed by atoms with Crippen molar-refractivity contribution in [2.24, 2.45) is 0 Å². The number of hydrogen-bond donors (Lipinski definition) is 2. The van der Waals surface area contributed by atoms with Crippen molar-refractivity contribution in [2.45, 2.75) is 36.9 Å². The highest BCUT2D eigenvalue weighted by atomic mass is 32.2. The minimum Gasteiger partial charge on any atom is -0.310 e. The maximum atomic E-state index is 11.5. The number of rotatable bonds is 5. The number of aryl methyl sites for hydroxylation is 1. The largest absolute Gasteiger partial charge is 0.310 e. The molecule has 0 spiro atoms. The molecule has 0 saturated heterocycles. The topological polar surface area (TPSA) is 57.8 Å². The number of nitrogens with zero attached hydrogens (tertiary/aromatic N) is 1. The first-order valence-electron chi connectivity index (χ1n) is 6.68. The van der Waals surface area contributed by atoms with Crippen LogP contribution in [0.1, 0.15) is 31.1 Å². The molecule has 5 heteroatoms. The van der Waals surface area contributed by atoms with Gasteiger partial charge in [0.1, 0.15) is 0 Å². The van der Waals surface area contributed by atoms with Crippen LogP contribution in [0.4, 0.5) is 0 Å². The third kappa shape index (κ3) is 3.71. The van der Waals surface area contributed by atoms with Gasteiger partial charge in [-0.2, -0.15) is 0 Å². The molecule has 4 nitrogen and oxygen atoms in total. The molecule has 1 aromatic carbocycles. The molecule has 0 aliphatic heterocycles. The predicted molar refractivity (Wildman–Crippen MR) is 82.3 cm³/mol. The third-order valence-corrected chi connectivity index (χ3v) is 3.93. The van der Waals surface area contributed by atoms with Crippen molar-refractivity contribution in [3.63, 3.8) is 0 Å². The first-order chi connectivity index (χ1) is 9.60. The molecule has 106 valence electrons. The maximum Gasteiger partial charge on any atom is 0.251 e. The molecule has 0 aliphatic carbocycles. The van der Waals surface area contributed by atoms with Crippen molar-refractivity contribution in [2.75, 3.05) is 6.54 Å². The zero-order valence-corrected chi connectivity index (χ0v) is 12.8. The Balaban J connectivity index is 2.31. The zero-order chi connectivity index (χ0) is 14.5. The lowest BCUT2D eigenvalue weighted by Gasteiger charge is -2.16. The van der Waals surface area contributed by atoms with Crippen LogP contribution < -0.4 is 10.9 Å². The standard InChI is InChI=1S/C15H19N3OS/c1-4-16-11(3)12-7-5-6-8-13(12)20-15-17-10(2)9-14(19)18-15/h5-9,11,16H,4H2,1-3H3,(H,17,18,19). The first-order valence-corrected chi connectivity index (χ1v) is 7.50. The minimum atomic E-state index is -0.114. The Labute approximate surface area is 123 Å². The van der Waals surface area contributed by atoms with Gasteiger partial charge >= 0.3 is 0 Å². The molecular weight excluding hydrogens is 270 g/mol. The van der Waals surface area contributed by atoms with Gasteiger partial charge in [-0.05, 0) is 32.0 Å². The van der Waals surface area contributed by atoms with Crippen molar-refractivity contribution < 1.29 is 0 Å². The van der Waals surface area contributed by atoms with Crippen LogP contribution in [0.25, 0.3) is 0 Å². The maximum absolute atomic E-state index is 11.5. The molecule has 1 unspecified atom stereocenters. The van der Waals surface area contributed by atoms with Crippen molar-refractivity contribution in [1.29, 1.82) is 0 Å². The Hall–Kier alpha value is -1.59. The van der Waals surface area contributed by atoms with Crippen LogP contribution in [0.5, 0.6) is 0 Å². The van der Waals surface area contributed by atoms with Crippen LogP contribution in [-0.2, 0) is 0 Å². The second-order valence-electron chi connectivity index (χ2n) is 4.61. The van der Waals surface area contributed by atoms with Crippen molar-refractivity contribution in [1.82, 2.24) is 15.3 Å². The summed E-state index contributed by atoms with van der Waals surface area (Å²) in [7, 11) is 0. The minimum absolute atomic E-state index is 0.114. The summed E-state index contributed by atoms with van der Waals surface area (Å²) in [5.41, 5.74) is 1.83. The van der Waals surface area contributed by atoms with E-state index in [4.69, 9.17) is 0 Å². The Kier molecular flexibility index (Phi) is 4.98. The van der Waals surface area contributed by atoms with Gasteiger partial charge in [0.15, 0.2) is 5.16 Å².